The Hall–Kier alpha value is -2.77. The van der Waals surface area contributed by atoms with Gasteiger partial charge < -0.3 is 9.88 Å². The van der Waals surface area contributed by atoms with Crippen LogP contribution < -0.4 is 9.62 Å². The average molecular weight is 430 g/mol. The molecule has 0 radical (unpaired) electrons. The number of carbonyl (C=O) groups is 1. The Balaban J connectivity index is 1.56. The highest BCUT2D eigenvalue weighted by molar-refractivity contribution is 7.92. The molecule has 150 valence electrons. The largest absolute Gasteiger partial charge is 0.347 e. The van der Waals surface area contributed by atoms with Crippen molar-refractivity contribution in [2.75, 3.05) is 10.8 Å². The van der Waals surface area contributed by atoms with Gasteiger partial charge in [0, 0.05) is 31.4 Å². The Morgan fingerprint density at radius 3 is 2.66 bits per heavy atom. The molecule has 1 aliphatic heterocycles. The smallest absolute Gasteiger partial charge is 0.268 e. The SMILES string of the molecule is Cn1cc(S(=O)(=O)N2CCc3ccccc32)cc1C(=O)NCc1ccccc1Cl. The van der Waals surface area contributed by atoms with Crippen molar-refractivity contribution < 1.29 is 13.2 Å². The van der Waals surface area contributed by atoms with Crippen LogP contribution in [0.2, 0.25) is 5.02 Å². The van der Waals surface area contributed by atoms with Gasteiger partial charge in [0.2, 0.25) is 0 Å². The molecule has 0 bridgehead atoms. The fourth-order valence-electron chi connectivity index (χ4n) is 3.49. The first-order valence-corrected chi connectivity index (χ1v) is 11.0. The summed E-state index contributed by atoms with van der Waals surface area (Å²) in [5, 5.41) is 3.36. The Morgan fingerprint density at radius 1 is 1.14 bits per heavy atom. The maximum atomic E-state index is 13.2. The second-order valence-corrected chi connectivity index (χ2v) is 9.17. The molecule has 0 unspecified atom stereocenters. The number of rotatable bonds is 5. The van der Waals surface area contributed by atoms with E-state index < -0.39 is 10.0 Å². The van der Waals surface area contributed by atoms with Crippen molar-refractivity contribution in [3.8, 4) is 0 Å². The molecule has 1 aromatic heterocycles. The van der Waals surface area contributed by atoms with Crippen molar-refractivity contribution in [1.82, 2.24) is 9.88 Å². The molecule has 0 spiro atoms. The van der Waals surface area contributed by atoms with Gasteiger partial charge in [-0.3, -0.25) is 9.10 Å². The highest BCUT2D eigenvalue weighted by Crippen LogP contribution is 2.33. The third-order valence-electron chi connectivity index (χ3n) is 5.04. The molecule has 29 heavy (non-hydrogen) atoms. The minimum Gasteiger partial charge on any atom is -0.347 e. The molecule has 0 fully saturated rings. The number of halogens is 1. The number of nitrogens with one attached hydrogen (secondary N) is 1. The highest BCUT2D eigenvalue weighted by Gasteiger charge is 2.32. The maximum absolute atomic E-state index is 13.2. The minimum absolute atomic E-state index is 0.0968. The molecule has 2 heterocycles. The average Bonchev–Trinajstić information content (AvgIpc) is 3.31. The van der Waals surface area contributed by atoms with Gasteiger partial charge >= 0.3 is 0 Å². The molecule has 1 N–H and O–H groups in total. The predicted octanol–water partition coefficient (Wildman–Crippen LogP) is 3.36. The first kappa shape index (κ1) is 19.5. The fourth-order valence-corrected chi connectivity index (χ4v) is 5.27. The normalized spacial score (nSPS) is 13.4. The molecule has 0 saturated carbocycles. The Kier molecular flexibility index (Phi) is 5.10. The molecule has 0 aliphatic carbocycles. The van der Waals surface area contributed by atoms with Crippen LogP contribution >= 0.6 is 11.6 Å². The number of para-hydroxylation sites is 1. The number of hydrogen-bond donors (Lipinski definition) is 1. The van der Waals surface area contributed by atoms with Crippen molar-refractivity contribution in [2.24, 2.45) is 7.05 Å². The van der Waals surface area contributed by atoms with E-state index in [4.69, 9.17) is 11.6 Å². The Morgan fingerprint density at radius 2 is 1.86 bits per heavy atom. The van der Waals surface area contributed by atoms with Crippen LogP contribution in [-0.4, -0.2) is 25.4 Å². The number of aromatic nitrogens is 1. The third kappa shape index (κ3) is 3.63. The molecule has 2 aromatic carbocycles. The summed E-state index contributed by atoms with van der Waals surface area (Å²) in [7, 11) is -2.10. The molecule has 6 nitrogen and oxygen atoms in total. The van der Waals surface area contributed by atoms with Crippen LogP contribution in [0.15, 0.2) is 65.7 Å². The van der Waals surface area contributed by atoms with Gasteiger partial charge in [-0.1, -0.05) is 48.0 Å². The van der Waals surface area contributed by atoms with Crippen molar-refractivity contribution in [2.45, 2.75) is 17.9 Å². The van der Waals surface area contributed by atoms with Gasteiger partial charge in [-0.2, -0.15) is 0 Å². The Labute approximate surface area is 174 Å². The van der Waals surface area contributed by atoms with Crippen LogP contribution in [0.5, 0.6) is 0 Å². The monoisotopic (exact) mass is 429 g/mol. The summed E-state index contributed by atoms with van der Waals surface area (Å²) in [6, 6.07) is 16.1. The van der Waals surface area contributed by atoms with Crippen LogP contribution in [0, 0.1) is 0 Å². The quantitative estimate of drug-likeness (QED) is 0.676. The molecular formula is C21H20ClN3O3S. The van der Waals surface area contributed by atoms with Crippen molar-refractivity contribution in [3.05, 3.63) is 82.6 Å². The zero-order valence-corrected chi connectivity index (χ0v) is 17.4. The van der Waals surface area contributed by atoms with Crippen LogP contribution in [0.4, 0.5) is 5.69 Å². The van der Waals surface area contributed by atoms with E-state index in [9.17, 15) is 13.2 Å². The molecule has 4 rings (SSSR count). The van der Waals surface area contributed by atoms with Crippen LogP contribution in [0.3, 0.4) is 0 Å². The molecular weight excluding hydrogens is 410 g/mol. The standard InChI is InChI=1S/C21H20ClN3O3S/c1-24-14-17(29(27,28)25-11-10-15-6-3-5-9-19(15)25)12-20(24)21(26)23-13-16-7-2-4-8-18(16)22/h2-9,12,14H,10-11,13H2,1H3,(H,23,26). The van der Waals surface area contributed by atoms with Crippen molar-refractivity contribution in [3.63, 3.8) is 0 Å². The number of aryl methyl sites for hydroxylation is 1. The summed E-state index contributed by atoms with van der Waals surface area (Å²) in [6.45, 7) is 0.649. The fraction of sp³-hybridized carbons (Fsp3) is 0.190. The number of hydrogen-bond acceptors (Lipinski definition) is 3. The number of nitrogens with zero attached hydrogens (tertiary/aromatic N) is 2. The summed E-state index contributed by atoms with van der Waals surface area (Å²) in [5.41, 5.74) is 2.76. The lowest BCUT2D eigenvalue weighted by molar-refractivity contribution is 0.0943. The van der Waals surface area contributed by atoms with E-state index in [1.54, 1.807) is 19.2 Å². The zero-order chi connectivity index (χ0) is 20.6. The first-order chi connectivity index (χ1) is 13.9. The van der Waals surface area contributed by atoms with Crippen molar-refractivity contribution >= 4 is 33.2 Å². The maximum Gasteiger partial charge on any atom is 0.268 e. The molecule has 8 heteroatoms. The molecule has 3 aromatic rings. The van der Waals surface area contributed by atoms with E-state index in [1.165, 1.54) is 21.1 Å². The van der Waals surface area contributed by atoms with Gasteiger partial charge in [0.1, 0.15) is 10.6 Å². The second kappa shape index (κ2) is 7.57. The van der Waals surface area contributed by atoms with Crippen LogP contribution in [0.1, 0.15) is 21.6 Å². The van der Waals surface area contributed by atoms with Crippen LogP contribution in [0.25, 0.3) is 0 Å². The molecule has 1 aliphatic rings. The first-order valence-electron chi connectivity index (χ1n) is 9.16. The number of benzene rings is 2. The predicted molar refractivity (Wildman–Crippen MR) is 113 cm³/mol. The van der Waals surface area contributed by atoms with E-state index in [1.807, 2.05) is 36.4 Å². The van der Waals surface area contributed by atoms with E-state index in [0.29, 0.717) is 23.7 Å². The number of anilines is 1. The molecule has 0 atom stereocenters. The summed E-state index contributed by atoms with van der Waals surface area (Å²) in [6.07, 6.45) is 2.15. The number of amides is 1. The van der Waals surface area contributed by atoms with Gasteiger partial charge in [0.25, 0.3) is 15.9 Å². The lowest BCUT2D eigenvalue weighted by atomic mass is 10.2. The molecule has 1 amide bonds. The second-order valence-electron chi connectivity index (χ2n) is 6.90. The van der Waals surface area contributed by atoms with E-state index in [0.717, 1.165) is 11.1 Å². The van der Waals surface area contributed by atoms with Gasteiger partial charge in [0.15, 0.2) is 0 Å². The summed E-state index contributed by atoms with van der Waals surface area (Å²) in [5.74, 6) is -0.365. The Bertz CT molecular complexity index is 1190. The lowest BCUT2D eigenvalue weighted by Crippen LogP contribution is -2.28. The van der Waals surface area contributed by atoms with E-state index >= 15 is 0 Å². The van der Waals surface area contributed by atoms with Gasteiger partial charge in [-0.05, 0) is 35.7 Å². The third-order valence-corrected chi connectivity index (χ3v) is 7.19. The van der Waals surface area contributed by atoms with Crippen LogP contribution in [-0.2, 0) is 30.0 Å². The minimum atomic E-state index is -3.75. The van der Waals surface area contributed by atoms with E-state index in [-0.39, 0.29) is 23.0 Å². The number of sulfonamides is 1. The van der Waals surface area contributed by atoms with Gasteiger partial charge in [0.05, 0.1) is 5.69 Å². The van der Waals surface area contributed by atoms with Gasteiger partial charge in [-0.25, -0.2) is 8.42 Å². The van der Waals surface area contributed by atoms with E-state index in [2.05, 4.69) is 5.32 Å². The zero-order valence-electron chi connectivity index (χ0n) is 15.8. The summed E-state index contributed by atoms with van der Waals surface area (Å²) in [4.78, 5) is 12.7. The van der Waals surface area contributed by atoms with Gasteiger partial charge in [-0.15, -0.1) is 0 Å². The number of fused-ring (bicyclic) bond motifs is 1. The topological polar surface area (TPSA) is 71.4 Å². The highest BCUT2D eigenvalue weighted by atomic mass is 35.5. The van der Waals surface area contributed by atoms with Crippen molar-refractivity contribution in [1.29, 1.82) is 0 Å². The summed E-state index contributed by atoms with van der Waals surface area (Å²) >= 11 is 6.12. The molecule has 0 saturated heterocycles. The summed E-state index contributed by atoms with van der Waals surface area (Å²) < 4.78 is 29.3. The number of carbonyl (C=O) groups excluding carboxylic acids is 1. The lowest BCUT2D eigenvalue weighted by Gasteiger charge is -2.18.